The van der Waals surface area contributed by atoms with Gasteiger partial charge in [0.25, 0.3) is 5.91 Å². The van der Waals surface area contributed by atoms with E-state index in [4.69, 9.17) is 11.6 Å². The third-order valence-electron chi connectivity index (χ3n) is 3.17. The summed E-state index contributed by atoms with van der Waals surface area (Å²) < 4.78 is 0. The molecular formula is C13H11ClN2O. The molecule has 1 aliphatic rings. The van der Waals surface area contributed by atoms with E-state index in [9.17, 15) is 4.79 Å². The Kier molecular flexibility index (Phi) is 2.30. The van der Waals surface area contributed by atoms with Gasteiger partial charge in [-0.15, -0.1) is 0 Å². The van der Waals surface area contributed by atoms with Crippen molar-refractivity contribution in [2.75, 3.05) is 6.54 Å². The van der Waals surface area contributed by atoms with Gasteiger partial charge >= 0.3 is 0 Å². The highest BCUT2D eigenvalue weighted by molar-refractivity contribution is 6.32. The summed E-state index contributed by atoms with van der Waals surface area (Å²) in [5, 5.41) is 1.34. The summed E-state index contributed by atoms with van der Waals surface area (Å²) in [6, 6.07) is 7.62. The molecule has 0 bridgehead atoms. The summed E-state index contributed by atoms with van der Waals surface area (Å²) in [4.78, 5) is 18.4. The van der Waals surface area contributed by atoms with Crippen molar-refractivity contribution < 1.29 is 4.79 Å². The molecule has 1 aromatic carbocycles. The Morgan fingerprint density at radius 3 is 2.94 bits per heavy atom. The first-order valence-electron chi connectivity index (χ1n) is 5.58. The van der Waals surface area contributed by atoms with Crippen LogP contribution in [0.2, 0.25) is 5.15 Å². The van der Waals surface area contributed by atoms with Crippen molar-refractivity contribution in [3.05, 3.63) is 40.5 Å². The Morgan fingerprint density at radius 2 is 2.18 bits per heavy atom. The maximum absolute atomic E-state index is 12.2. The highest BCUT2D eigenvalue weighted by atomic mass is 35.5. The van der Waals surface area contributed by atoms with Crippen molar-refractivity contribution in [3.8, 4) is 0 Å². The Hall–Kier alpha value is -1.61. The standard InChI is InChI=1S/C13H11ClN2O/c1-2-16-7-9-11(13(16)17)8-5-3-4-6-10(8)15-12(9)14/h3-6H,2,7H2,1H3. The van der Waals surface area contributed by atoms with Crippen LogP contribution in [0.4, 0.5) is 0 Å². The minimum absolute atomic E-state index is 0.0583. The molecule has 2 aromatic rings. The number of carbonyl (C=O) groups excluding carboxylic acids is 1. The molecule has 0 saturated heterocycles. The van der Waals surface area contributed by atoms with E-state index in [1.165, 1.54) is 0 Å². The molecule has 0 N–H and O–H groups in total. The first-order chi connectivity index (χ1) is 8.22. The Labute approximate surface area is 104 Å². The van der Waals surface area contributed by atoms with Crippen LogP contribution in [0.1, 0.15) is 22.8 Å². The van der Waals surface area contributed by atoms with Crippen molar-refractivity contribution in [3.63, 3.8) is 0 Å². The Bertz CT molecular complexity index is 624. The van der Waals surface area contributed by atoms with Gasteiger partial charge < -0.3 is 4.90 Å². The molecule has 1 amide bonds. The number of rotatable bonds is 1. The molecule has 17 heavy (non-hydrogen) atoms. The summed E-state index contributed by atoms with van der Waals surface area (Å²) in [5.41, 5.74) is 2.36. The summed E-state index contributed by atoms with van der Waals surface area (Å²) in [5.74, 6) is 0.0583. The summed E-state index contributed by atoms with van der Waals surface area (Å²) >= 11 is 6.15. The smallest absolute Gasteiger partial charge is 0.255 e. The fourth-order valence-corrected chi connectivity index (χ4v) is 2.53. The van der Waals surface area contributed by atoms with Gasteiger partial charge in [0.1, 0.15) is 5.15 Å². The monoisotopic (exact) mass is 246 g/mol. The molecule has 86 valence electrons. The average molecular weight is 247 g/mol. The predicted octanol–water partition coefficient (Wildman–Crippen LogP) is 2.86. The lowest BCUT2D eigenvalue weighted by Crippen LogP contribution is -2.23. The molecule has 0 spiro atoms. The van der Waals surface area contributed by atoms with Gasteiger partial charge in [-0.2, -0.15) is 0 Å². The van der Waals surface area contributed by atoms with Crippen LogP contribution in [-0.2, 0) is 6.54 Å². The average Bonchev–Trinajstić information content (AvgIpc) is 2.68. The van der Waals surface area contributed by atoms with E-state index >= 15 is 0 Å². The van der Waals surface area contributed by atoms with Crippen LogP contribution in [0.15, 0.2) is 24.3 Å². The number of amides is 1. The van der Waals surface area contributed by atoms with Crippen LogP contribution in [0.3, 0.4) is 0 Å². The van der Waals surface area contributed by atoms with Gasteiger partial charge in [0.15, 0.2) is 0 Å². The number of carbonyl (C=O) groups is 1. The zero-order chi connectivity index (χ0) is 12.0. The lowest BCUT2D eigenvalue weighted by molar-refractivity contribution is 0.0788. The second kappa shape index (κ2) is 3.70. The molecule has 1 aliphatic heterocycles. The number of nitrogens with zero attached hydrogens (tertiary/aromatic N) is 2. The Balaban J connectivity index is 2.36. The predicted molar refractivity (Wildman–Crippen MR) is 67.2 cm³/mol. The highest BCUT2D eigenvalue weighted by Crippen LogP contribution is 2.33. The minimum atomic E-state index is 0.0583. The third-order valence-corrected chi connectivity index (χ3v) is 3.49. The second-order valence-corrected chi connectivity index (χ2v) is 4.45. The van der Waals surface area contributed by atoms with E-state index < -0.39 is 0 Å². The zero-order valence-electron chi connectivity index (χ0n) is 9.40. The van der Waals surface area contributed by atoms with Crippen LogP contribution in [0, 0.1) is 0 Å². The molecule has 3 nitrogen and oxygen atoms in total. The van der Waals surface area contributed by atoms with Gasteiger partial charge in [-0.1, -0.05) is 29.8 Å². The maximum Gasteiger partial charge on any atom is 0.255 e. The lowest BCUT2D eigenvalue weighted by atomic mass is 10.1. The zero-order valence-corrected chi connectivity index (χ0v) is 10.2. The largest absolute Gasteiger partial charge is 0.334 e. The van der Waals surface area contributed by atoms with Crippen LogP contribution in [0.25, 0.3) is 10.9 Å². The fourth-order valence-electron chi connectivity index (χ4n) is 2.29. The second-order valence-electron chi connectivity index (χ2n) is 4.09. The van der Waals surface area contributed by atoms with E-state index in [-0.39, 0.29) is 5.91 Å². The highest BCUT2D eigenvalue weighted by Gasteiger charge is 2.30. The molecule has 0 aliphatic carbocycles. The molecule has 0 radical (unpaired) electrons. The number of benzene rings is 1. The van der Waals surface area contributed by atoms with Crippen molar-refractivity contribution in [1.82, 2.24) is 9.88 Å². The molecule has 4 heteroatoms. The van der Waals surface area contributed by atoms with E-state index in [1.807, 2.05) is 31.2 Å². The van der Waals surface area contributed by atoms with Crippen LogP contribution in [-0.4, -0.2) is 22.3 Å². The van der Waals surface area contributed by atoms with E-state index in [2.05, 4.69) is 4.98 Å². The number of hydrogen-bond acceptors (Lipinski definition) is 2. The van der Waals surface area contributed by atoms with E-state index in [0.717, 1.165) is 22.0 Å². The van der Waals surface area contributed by atoms with Crippen LogP contribution >= 0.6 is 11.6 Å². The number of pyridine rings is 1. The van der Waals surface area contributed by atoms with Gasteiger partial charge in [0.05, 0.1) is 11.1 Å². The number of para-hydroxylation sites is 1. The van der Waals surface area contributed by atoms with E-state index in [1.54, 1.807) is 4.90 Å². The number of aromatic nitrogens is 1. The quantitative estimate of drug-likeness (QED) is 0.725. The SMILES string of the molecule is CCN1Cc2c(Cl)nc3ccccc3c2C1=O. The summed E-state index contributed by atoms with van der Waals surface area (Å²) in [6.07, 6.45) is 0. The molecule has 2 heterocycles. The van der Waals surface area contributed by atoms with Gasteiger partial charge in [0.2, 0.25) is 0 Å². The van der Waals surface area contributed by atoms with Crippen molar-refractivity contribution in [1.29, 1.82) is 0 Å². The molecule has 1 aromatic heterocycles. The van der Waals surface area contributed by atoms with Crippen molar-refractivity contribution in [2.24, 2.45) is 0 Å². The summed E-state index contributed by atoms with van der Waals surface area (Å²) in [7, 11) is 0. The maximum atomic E-state index is 12.2. The third kappa shape index (κ3) is 1.42. The van der Waals surface area contributed by atoms with Gasteiger partial charge in [0, 0.05) is 24.0 Å². The molecule has 0 saturated carbocycles. The summed E-state index contributed by atoms with van der Waals surface area (Å²) in [6.45, 7) is 3.23. The van der Waals surface area contributed by atoms with Crippen molar-refractivity contribution >= 4 is 28.4 Å². The topological polar surface area (TPSA) is 33.2 Å². The number of hydrogen-bond donors (Lipinski definition) is 0. The van der Waals surface area contributed by atoms with Gasteiger partial charge in [-0.05, 0) is 13.0 Å². The molecular weight excluding hydrogens is 236 g/mol. The van der Waals surface area contributed by atoms with E-state index in [0.29, 0.717) is 18.2 Å². The number of halogens is 1. The Morgan fingerprint density at radius 1 is 1.41 bits per heavy atom. The molecule has 0 unspecified atom stereocenters. The molecule has 0 fully saturated rings. The van der Waals surface area contributed by atoms with Crippen LogP contribution < -0.4 is 0 Å². The fraction of sp³-hybridized carbons (Fsp3) is 0.231. The van der Waals surface area contributed by atoms with Crippen molar-refractivity contribution in [2.45, 2.75) is 13.5 Å². The lowest BCUT2D eigenvalue weighted by Gasteiger charge is -2.11. The molecule has 3 rings (SSSR count). The van der Waals surface area contributed by atoms with Crippen LogP contribution in [0.5, 0.6) is 0 Å². The minimum Gasteiger partial charge on any atom is -0.334 e. The number of fused-ring (bicyclic) bond motifs is 3. The van der Waals surface area contributed by atoms with Gasteiger partial charge in [-0.3, -0.25) is 4.79 Å². The van der Waals surface area contributed by atoms with Gasteiger partial charge in [-0.25, -0.2) is 4.98 Å². The first kappa shape index (κ1) is 10.5. The first-order valence-corrected chi connectivity index (χ1v) is 5.96. The molecule has 0 atom stereocenters. The normalized spacial score (nSPS) is 14.5.